The van der Waals surface area contributed by atoms with Crippen molar-refractivity contribution < 1.29 is 5.11 Å². The van der Waals surface area contributed by atoms with E-state index in [1.165, 1.54) is 0 Å². The van der Waals surface area contributed by atoms with Crippen LogP contribution in [0.15, 0.2) is 24.5 Å². The standard InChI is InChI=1S/C11H14N2O/c1-8(6-14)9-4-3-5-10-11(9)12-7-13(10)2/h3-5,7-8,14H,6H2,1-2H3. The van der Waals surface area contributed by atoms with Crippen LogP contribution in [0, 0.1) is 0 Å². The summed E-state index contributed by atoms with van der Waals surface area (Å²) in [7, 11) is 1.97. The smallest absolute Gasteiger partial charge is 0.0955 e. The lowest BCUT2D eigenvalue weighted by Gasteiger charge is -2.08. The zero-order chi connectivity index (χ0) is 10.1. The molecule has 3 nitrogen and oxygen atoms in total. The first-order chi connectivity index (χ1) is 6.74. The molecule has 0 amide bonds. The predicted molar refractivity (Wildman–Crippen MR) is 56.2 cm³/mol. The molecule has 0 aliphatic carbocycles. The van der Waals surface area contributed by atoms with E-state index in [-0.39, 0.29) is 12.5 Å². The molecule has 0 aliphatic rings. The van der Waals surface area contributed by atoms with Crippen molar-refractivity contribution in [1.29, 1.82) is 0 Å². The Hall–Kier alpha value is -1.35. The summed E-state index contributed by atoms with van der Waals surface area (Å²) in [5.41, 5.74) is 3.23. The van der Waals surface area contributed by atoms with Gasteiger partial charge in [0.05, 0.1) is 17.4 Å². The molecule has 1 aromatic carbocycles. The van der Waals surface area contributed by atoms with Gasteiger partial charge in [0.25, 0.3) is 0 Å². The average molecular weight is 190 g/mol. The molecule has 2 aromatic rings. The first-order valence-electron chi connectivity index (χ1n) is 4.75. The second-order valence-electron chi connectivity index (χ2n) is 3.65. The first kappa shape index (κ1) is 9.21. The van der Waals surface area contributed by atoms with Crippen LogP contribution < -0.4 is 0 Å². The van der Waals surface area contributed by atoms with Gasteiger partial charge in [-0.3, -0.25) is 0 Å². The topological polar surface area (TPSA) is 38.1 Å². The van der Waals surface area contributed by atoms with Crippen molar-refractivity contribution in [3.8, 4) is 0 Å². The summed E-state index contributed by atoms with van der Waals surface area (Å²) in [5.74, 6) is 0.147. The molecule has 0 radical (unpaired) electrons. The number of nitrogens with zero attached hydrogens (tertiary/aromatic N) is 2. The van der Waals surface area contributed by atoms with E-state index in [0.29, 0.717) is 0 Å². The van der Waals surface area contributed by atoms with Gasteiger partial charge in [-0.1, -0.05) is 19.1 Å². The summed E-state index contributed by atoms with van der Waals surface area (Å²) in [6, 6.07) is 6.07. The van der Waals surface area contributed by atoms with Crippen molar-refractivity contribution >= 4 is 11.0 Å². The number of aliphatic hydroxyl groups excluding tert-OH is 1. The van der Waals surface area contributed by atoms with Crippen LogP contribution >= 0.6 is 0 Å². The first-order valence-corrected chi connectivity index (χ1v) is 4.75. The van der Waals surface area contributed by atoms with Gasteiger partial charge in [-0.05, 0) is 11.6 Å². The molecule has 0 spiro atoms. The normalized spacial score (nSPS) is 13.4. The Kier molecular flexibility index (Phi) is 2.25. The fourth-order valence-corrected chi connectivity index (χ4v) is 1.68. The SMILES string of the molecule is CC(CO)c1cccc2c1ncn2C. The maximum atomic E-state index is 9.12. The van der Waals surface area contributed by atoms with E-state index in [4.69, 9.17) is 5.11 Å². The number of rotatable bonds is 2. The Labute approximate surface area is 83.0 Å². The van der Waals surface area contributed by atoms with E-state index < -0.39 is 0 Å². The van der Waals surface area contributed by atoms with Gasteiger partial charge in [-0.15, -0.1) is 0 Å². The third-order valence-corrected chi connectivity index (χ3v) is 2.59. The minimum Gasteiger partial charge on any atom is -0.396 e. The molecule has 3 heteroatoms. The molecule has 0 saturated heterocycles. The molecular formula is C11H14N2O. The summed E-state index contributed by atoms with van der Waals surface area (Å²) in [6.07, 6.45) is 1.80. The third kappa shape index (κ3) is 1.30. The number of aliphatic hydroxyl groups is 1. The maximum absolute atomic E-state index is 9.12. The summed E-state index contributed by atoms with van der Waals surface area (Å²) in [6.45, 7) is 2.17. The van der Waals surface area contributed by atoms with Gasteiger partial charge in [0.1, 0.15) is 0 Å². The Morgan fingerprint density at radius 2 is 2.29 bits per heavy atom. The Balaban J connectivity index is 2.65. The highest BCUT2D eigenvalue weighted by molar-refractivity contribution is 5.79. The lowest BCUT2D eigenvalue weighted by molar-refractivity contribution is 0.273. The second-order valence-corrected chi connectivity index (χ2v) is 3.65. The van der Waals surface area contributed by atoms with Crippen molar-refractivity contribution in [3.05, 3.63) is 30.1 Å². The Morgan fingerprint density at radius 3 is 3.00 bits per heavy atom. The molecule has 0 fully saturated rings. The fraction of sp³-hybridized carbons (Fsp3) is 0.364. The number of benzene rings is 1. The highest BCUT2D eigenvalue weighted by Crippen LogP contribution is 2.23. The van der Waals surface area contributed by atoms with E-state index in [9.17, 15) is 0 Å². The van der Waals surface area contributed by atoms with Crippen LogP contribution in [0.2, 0.25) is 0 Å². The molecule has 1 aromatic heterocycles. The minimum absolute atomic E-state index is 0.147. The summed E-state index contributed by atoms with van der Waals surface area (Å²) >= 11 is 0. The molecule has 0 bridgehead atoms. The van der Waals surface area contributed by atoms with Crippen LogP contribution in [-0.2, 0) is 7.05 Å². The number of aromatic nitrogens is 2. The molecular weight excluding hydrogens is 176 g/mol. The third-order valence-electron chi connectivity index (χ3n) is 2.59. The molecule has 74 valence electrons. The highest BCUT2D eigenvalue weighted by atomic mass is 16.3. The minimum atomic E-state index is 0.147. The molecule has 14 heavy (non-hydrogen) atoms. The van der Waals surface area contributed by atoms with Crippen LogP contribution in [0.4, 0.5) is 0 Å². The van der Waals surface area contributed by atoms with Crippen molar-refractivity contribution in [1.82, 2.24) is 9.55 Å². The van der Waals surface area contributed by atoms with Gasteiger partial charge in [0.2, 0.25) is 0 Å². The van der Waals surface area contributed by atoms with Crippen LogP contribution in [0.5, 0.6) is 0 Å². The summed E-state index contributed by atoms with van der Waals surface area (Å²) < 4.78 is 1.99. The van der Waals surface area contributed by atoms with Crippen molar-refractivity contribution in [3.63, 3.8) is 0 Å². The van der Waals surface area contributed by atoms with Gasteiger partial charge in [-0.25, -0.2) is 4.98 Å². The van der Waals surface area contributed by atoms with Crippen molar-refractivity contribution in [2.75, 3.05) is 6.61 Å². The largest absolute Gasteiger partial charge is 0.396 e. The quantitative estimate of drug-likeness (QED) is 0.782. The van der Waals surface area contributed by atoms with Crippen LogP contribution in [0.3, 0.4) is 0 Å². The highest BCUT2D eigenvalue weighted by Gasteiger charge is 2.10. The molecule has 2 rings (SSSR count). The Morgan fingerprint density at radius 1 is 1.50 bits per heavy atom. The number of imidazole rings is 1. The van der Waals surface area contributed by atoms with Crippen LogP contribution in [0.25, 0.3) is 11.0 Å². The molecule has 1 heterocycles. The molecule has 1 atom stereocenters. The van der Waals surface area contributed by atoms with Gasteiger partial charge in [0, 0.05) is 19.6 Å². The van der Waals surface area contributed by atoms with Crippen molar-refractivity contribution in [2.45, 2.75) is 12.8 Å². The zero-order valence-corrected chi connectivity index (χ0v) is 8.44. The number of fused-ring (bicyclic) bond motifs is 1. The fourth-order valence-electron chi connectivity index (χ4n) is 1.68. The monoisotopic (exact) mass is 190 g/mol. The van der Waals surface area contributed by atoms with E-state index in [2.05, 4.69) is 4.98 Å². The van der Waals surface area contributed by atoms with Gasteiger partial charge < -0.3 is 9.67 Å². The van der Waals surface area contributed by atoms with Crippen LogP contribution in [0.1, 0.15) is 18.4 Å². The average Bonchev–Trinajstić information content (AvgIpc) is 2.59. The number of aryl methyl sites for hydroxylation is 1. The number of hydrogen-bond donors (Lipinski definition) is 1. The zero-order valence-electron chi connectivity index (χ0n) is 8.44. The summed E-state index contributed by atoms with van der Waals surface area (Å²) in [5, 5.41) is 9.12. The van der Waals surface area contributed by atoms with Gasteiger partial charge >= 0.3 is 0 Å². The van der Waals surface area contributed by atoms with E-state index in [1.54, 1.807) is 6.33 Å². The van der Waals surface area contributed by atoms with E-state index >= 15 is 0 Å². The van der Waals surface area contributed by atoms with Gasteiger partial charge in [-0.2, -0.15) is 0 Å². The van der Waals surface area contributed by atoms with Gasteiger partial charge in [0.15, 0.2) is 0 Å². The molecule has 1 unspecified atom stereocenters. The lowest BCUT2D eigenvalue weighted by atomic mass is 10.0. The summed E-state index contributed by atoms with van der Waals surface area (Å²) in [4.78, 5) is 4.34. The Bertz CT molecular complexity index is 447. The van der Waals surface area contributed by atoms with Crippen molar-refractivity contribution in [2.24, 2.45) is 7.05 Å². The lowest BCUT2D eigenvalue weighted by Crippen LogP contribution is -1.99. The number of para-hydroxylation sites is 1. The molecule has 1 N–H and O–H groups in total. The van der Waals surface area contributed by atoms with Crippen LogP contribution in [-0.4, -0.2) is 21.3 Å². The van der Waals surface area contributed by atoms with E-state index in [1.807, 2.05) is 36.7 Å². The maximum Gasteiger partial charge on any atom is 0.0955 e. The molecule has 0 aliphatic heterocycles. The second kappa shape index (κ2) is 3.42. The molecule has 0 saturated carbocycles. The number of hydrogen-bond acceptors (Lipinski definition) is 2. The predicted octanol–water partition coefficient (Wildman–Crippen LogP) is 1.67. The van der Waals surface area contributed by atoms with E-state index in [0.717, 1.165) is 16.6 Å².